The predicted octanol–water partition coefficient (Wildman–Crippen LogP) is 3.42. The summed E-state index contributed by atoms with van der Waals surface area (Å²) in [6.45, 7) is 5.43. The van der Waals surface area contributed by atoms with E-state index < -0.39 is 5.60 Å². The fourth-order valence-electron chi connectivity index (χ4n) is 1.85. The Morgan fingerprint density at radius 1 is 1.31 bits per heavy atom. The lowest BCUT2D eigenvalue weighted by Crippen LogP contribution is -2.16. The lowest BCUT2D eigenvalue weighted by Gasteiger charge is -2.20. The maximum Gasteiger partial charge on any atom is 0.0895 e. The third-order valence-electron chi connectivity index (χ3n) is 2.58. The van der Waals surface area contributed by atoms with E-state index in [4.69, 9.17) is 11.6 Å². The maximum atomic E-state index is 10.1. The van der Waals surface area contributed by atoms with Gasteiger partial charge in [-0.05, 0) is 38.5 Å². The van der Waals surface area contributed by atoms with Crippen LogP contribution in [0.5, 0.6) is 0 Å². The molecule has 0 aliphatic heterocycles. The van der Waals surface area contributed by atoms with Crippen LogP contribution in [0.1, 0.15) is 25.1 Å². The highest BCUT2D eigenvalue weighted by atomic mass is 35.5. The third kappa shape index (κ3) is 1.91. The highest BCUT2D eigenvalue weighted by molar-refractivity contribution is 6.35. The largest absolute Gasteiger partial charge is 0.386 e. The quantitative estimate of drug-likeness (QED) is 0.822. The van der Waals surface area contributed by atoms with Crippen molar-refractivity contribution in [2.75, 3.05) is 0 Å². The maximum absolute atomic E-state index is 10.1. The van der Waals surface area contributed by atoms with E-state index in [9.17, 15) is 5.11 Å². The van der Waals surface area contributed by atoms with E-state index in [0.29, 0.717) is 5.02 Å². The summed E-state index contributed by atoms with van der Waals surface area (Å²) in [6.07, 6.45) is 0. The molecule has 0 unspecified atom stereocenters. The number of aliphatic hydroxyl groups is 1. The van der Waals surface area contributed by atoms with Gasteiger partial charge in [0.05, 0.1) is 16.1 Å². The molecule has 1 aromatic heterocycles. The average Bonchev–Trinajstić information content (AvgIpc) is 2.17. The van der Waals surface area contributed by atoms with Crippen molar-refractivity contribution in [3.63, 3.8) is 0 Å². The zero-order valence-corrected chi connectivity index (χ0v) is 10.3. The van der Waals surface area contributed by atoms with Crippen molar-refractivity contribution < 1.29 is 5.11 Å². The number of fused-ring (bicyclic) bond motifs is 1. The van der Waals surface area contributed by atoms with Crippen LogP contribution in [-0.4, -0.2) is 10.1 Å². The summed E-state index contributed by atoms with van der Waals surface area (Å²) in [5, 5.41) is 11.7. The number of halogens is 1. The van der Waals surface area contributed by atoms with Crippen LogP contribution in [0.25, 0.3) is 10.9 Å². The first kappa shape index (κ1) is 11.4. The second kappa shape index (κ2) is 3.72. The van der Waals surface area contributed by atoms with Crippen LogP contribution < -0.4 is 0 Å². The molecule has 1 N–H and O–H groups in total. The normalized spacial score (nSPS) is 12.1. The van der Waals surface area contributed by atoms with Gasteiger partial charge in [0.2, 0.25) is 0 Å². The predicted molar refractivity (Wildman–Crippen MR) is 66.7 cm³/mol. The third-order valence-corrected chi connectivity index (χ3v) is 2.88. The molecule has 1 aromatic carbocycles. The molecule has 2 nitrogen and oxygen atoms in total. The number of para-hydroxylation sites is 1. The van der Waals surface area contributed by atoms with E-state index in [1.54, 1.807) is 13.8 Å². The van der Waals surface area contributed by atoms with E-state index in [1.807, 2.05) is 31.2 Å². The monoisotopic (exact) mass is 235 g/mol. The molecule has 1 heterocycles. The van der Waals surface area contributed by atoms with E-state index in [2.05, 4.69) is 4.98 Å². The van der Waals surface area contributed by atoms with Gasteiger partial charge < -0.3 is 5.11 Å². The van der Waals surface area contributed by atoms with E-state index in [-0.39, 0.29) is 0 Å². The number of rotatable bonds is 1. The van der Waals surface area contributed by atoms with E-state index in [0.717, 1.165) is 22.2 Å². The number of pyridine rings is 1. The van der Waals surface area contributed by atoms with Gasteiger partial charge in [-0.2, -0.15) is 0 Å². The number of hydrogen-bond donors (Lipinski definition) is 1. The van der Waals surface area contributed by atoms with Crippen molar-refractivity contribution in [3.8, 4) is 0 Å². The molecule has 0 fully saturated rings. The van der Waals surface area contributed by atoms with Crippen LogP contribution in [0.4, 0.5) is 0 Å². The van der Waals surface area contributed by atoms with Gasteiger partial charge >= 0.3 is 0 Å². The van der Waals surface area contributed by atoms with Crippen LogP contribution in [0, 0.1) is 6.92 Å². The molecule has 0 aliphatic rings. The average molecular weight is 236 g/mol. The Morgan fingerprint density at radius 3 is 2.62 bits per heavy atom. The fraction of sp³-hybridized carbons (Fsp3) is 0.308. The highest BCUT2D eigenvalue weighted by Crippen LogP contribution is 2.31. The number of hydrogen-bond acceptors (Lipinski definition) is 2. The van der Waals surface area contributed by atoms with Gasteiger partial charge in [0.15, 0.2) is 0 Å². The van der Waals surface area contributed by atoms with E-state index >= 15 is 0 Å². The summed E-state index contributed by atoms with van der Waals surface area (Å²) in [7, 11) is 0. The molecule has 0 saturated carbocycles. The molecular weight excluding hydrogens is 222 g/mol. The second-order valence-corrected chi connectivity index (χ2v) is 4.91. The van der Waals surface area contributed by atoms with Gasteiger partial charge in [-0.1, -0.05) is 23.7 Å². The van der Waals surface area contributed by atoms with Gasteiger partial charge in [0, 0.05) is 11.1 Å². The second-order valence-electron chi connectivity index (χ2n) is 4.51. The van der Waals surface area contributed by atoms with Crippen molar-refractivity contribution in [2.24, 2.45) is 0 Å². The Labute approximate surface area is 99.9 Å². The Kier molecular flexibility index (Phi) is 2.64. The van der Waals surface area contributed by atoms with Gasteiger partial charge in [0.1, 0.15) is 0 Å². The van der Waals surface area contributed by atoms with Crippen LogP contribution in [0.2, 0.25) is 5.02 Å². The first-order chi connectivity index (χ1) is 7.39. The van der Waals surface area contributed by atoms with E-state index in [1.165, 1.54) is 0 Å². The lowest BCUT2D eigenvalue weighted by atomic mass is 9.94. The number of benzene rings is 1. The minimum Gasteiger partial charge on any atom is -0.386 e. The molecule has 0 amide bonds. The van der Waals surface area contributed by atoms with Crippen molar-refractivity contribution in [3.05, 3.63) is 40.5 Å². The fourth-order valence-corrected chi connectivity index (χ4v) is 2.06. The summed E-state index contributed by atoms with van der Waals surface area (Å²) in [6, 6.07) is 7.51. The van der Waals surface area contributed by atoms with Gasteiger partial charge in [-0.3, -0.25) is 4.98 Å². The zero-order valence-electron chi connectivity index (χ0n) is 9.58. The summed E-state index contributed by atoms with van der Waals surface area (Å²) in [5.74, 6) is 0. The highest BCUT2D eigenvalue weighted by Gasteiger charge is 2.20. The molecule has 0 spiro atoms. The van der Waals surface area contributed by atoms with Crippen LogP contribution >= 0.6 is 11.6 Å². The van der Waals surface area contributed by atoms with Crippen molar-refractivity contribution >= 4 is 22.5 Å². The van der Waals surface area contributed by atoms with Crippen LogP contribution in [-0.2, 0) is 5.60 Å². The summed E-state index contributed by atoms with van der Waals surface area (Å²) >= 11 is 6.11. The number of aromatic nitrogens is 1. The topological polar surface area (TPSA) is 33.1 Å². The van der Waals surface area contributed by atoms with Crippen molar-refractivity contribution in [1.29, 1.82) is 0 Å². The molecule has 84 valence electrons. The van der Waals surface area contributed by atoms with Crippen molar-refractivity contribution in [2.45, 2.75) is 26.4 Å². The number of nitrogens with zero attached hydrogens (tertiary/aromatic N) is 1. The molecule has 16 heavy (non-hydrogen) atoms. The SMILES string of the molecule is Cc1cc(C(C)(C)O)c2cccc(Cl)c2n1. The Bertz CT molecular complexity index is 543. The molecule has 2 rings (SSSR count). The Morgan fingerprint density at radius 2 is 2.00 bits per heavy atom. The molecule has 0 bridgehead atoms. The lowest BCUT2D eigenvalue weighted by molar-refractivity contribution is 0.0801. The first-order valence-electron chi connectivity index (χ1n) is 5.18. The standard InChI is InChI=1S/C13H14ClNO/c1-8-7-10(13(2,3)16)9-5-4-6-11(14)12(9)15-8/h4-7,16H,1-3H3. The molecule has 0 saturated heterocycles. The molecule has 0 aliphatic carbocycles. The van der Waals surface area contributed by atoms with Gasteiger partial charge in [-0.15, -0.1) is 0 Å². The summed E-state index contributed by atoms with van der Waals surface area (Å²) in [4.78, 5) is 4.41. The minimum atomic E-state index is -0.892. The minimum absolute atomic E-state index is 0.617. The zero-order chi connectivity index (χ0) is 11.9. The first-order valence-corrected chi connectivity index (χ1v) is 5.56. The molecule has 0 atom stereocenters. The Balaban J connectivity index is 2.89. The number of aryl methyl sites for hydroxylation is 1. The molecule has 2 aromatic rings. The molecule has 3 heteroatoms. The summed E-state index contributed by atoms with van der Waals surface area (Å²) < 4.78 is 0. The van der Waals surface area contributed by atoms with Crippen molar-refractivity contribution in [1.82, 2.24) is 4.98 Å². The summed E-state index contributed by atoms with van der Waals surface area (Å²) in [5.41, 5.74) is 1.58. The van der Waals surface area contributed by atoms with Crippen LogP contribution in [0.15, 0.2) is 24.3 Å². The van der Waals surface area contributed by atoms with Crippen LogP contribution in [0.3, 0.4) is 0 Å². The molecular formula is C13H14ClNO. The Hall–Kier alpha value is -1.12. The van der Waals surface area contributed by atoms with Gasteiger partial charge in [-0.25, -0.2) is 0 Å². The molecule has 0 radical (unpaired) electrons. The smallest absolute Gasteiger partial charge is 0.0895 e. The van der Waals surface area contributed by atoms with Gasteiger partial charge in [0.25, 0.3) is 0 Å².